The van der Waals surface area contributed by atoms with Crippen LogP contribution < -0.4 is 9.47 Å². The summed E-state index contributed by atoms with van der Waals surface area (Å²) in [5.74, 6) is 0.754. The topological polar surface area (TPSA) is 55.8 Å². The van der Waals surface area contributed by atoms with Crippen LogP contribution in [0.1, 0.15) is 48.3 Å². The van der Waals surface area contributed by atoms with Crippen LogP contribution in [0.2, 0.25) is 0 Å². The van der Waals surface area contributed by atoms with Crippen LogP contribution >= 0.6 is 0 Å². The van der Waals surface area contributed by atoms with Crippen LogP contribution in [0.25, 0.3) is 11.1 Å². The molecule has 2 aliphatic rings. The predicted molar refractivity (Wildman–Crippen MR) is 129 cm³/mol. The van der Waals surface area contributed by atoms with E-state index in [0.717, 1.165) is 47.3 Å². The van der Waals surface area contributed by atoms with Gasteiger partial charge < -0.3 is 14.6 Å². The van der Waals surface area contributed by atoms with E-state index < -0.39 is 11.9 Å². The highest BCUT2D eigenvalue weighted by Gasteiger charge is 2.39. The minimum absolute atomic E-state index is 0.0419. The molecule has 1 saturated carbocycles. The van der Waals surface area contributed by atoms with Crippen LogP contribution in [0.3, 0.4) is 0 Å². The molecule has 1 fully saturated rings. The summed E-state index contributed by atoms with van der Waals surface area (Å²) < 4.78 is 25.7. The fraction of sp³-hybridized carbons (Fsp3) is 0.345. The van der Waals surface area contributed by atoms with Crippen molar-refractivity contribution in [1.29, 1.82) is 0 Å². The van der Waals surface area contributed by atoms with E-state index in [-0.39, 0.29) is 17.7 Å². The first-order valence-corrected chi connectivity index (χ1v) is 11.9. The molecule has 5 heteroatoms. The second-order valence-electron chi connectivity index (χ2n) is 9.54. The normalized spacial score (nSPS) is 19.0. The molecule has 1 heterocycles. The third-order valence-corrected chi connectivity index (χ3v) is 7.30. The van der Waals surface area contributed by atoms with Gasteiger partial charge in [0.25, 0.3) is 0 Å². The zero-order chi connectivity index (χ0) is 23.8. The summed E-state index contributed by atoms with van der Waals surface area (Å²) in [4.78, 5) is 11.7. The average Bonchev–Trinajstić information content (AvgIpc) is 3.69. The lowest BCUT2D eigenvalue weighted by molar-refractivity contribution is -0.142. The van der Waals surface area contributed by atoms with Crippen LogP contribution in [0, 0.1) is 17.7 Å². The molecule has 1 N–H and O–H groups in total. The first kappa shape index (κ1) is 22.5. The van der Waals surface area contributed by atoms with Crippen molar-refractivity contribution in [3.63, 3.8) is 0 Å². The maximum atomic E-state index is 14.4. The lowest BCUT2D eigenvalue weighted by Crippen LogP contribution is -2.22. The quantitative estimate of drug-likeness (QED) is 0.441. The molecule has 1 aliphatic heterocycles. The van der Waals surface area contributed by atoms with Crippen LogP contribution in [-0.4, -0.2) is 24.8 Å². The summed E-state index contributed by atoms with van der Waals surface area (Å²) in [5.41, 5.74) is 4.68. The predicted octanol–water partition coefficient (Wildman–Crippen LogP) is 6.43. The summed E-state index contributed by atoms with van der Waals surface area (Å²) in [6, 6.07) is 18.9. The molecular formula is C29H29FO4. The highest BCUT2D eigenvalue weighted by molar-refractivity contribution is 5.71. The van der Waals surface area contributed by atoms with Crippen LogP contribution in [-0.2, 0) is 11.2 Å². The smallest absolute Gasteiger partial charge is 0.306 e. The third kappa shape index (κ3) is 4.39. The molecule has 0 amide bonds. The standard InChI is InChI=1S/C29H29FO4/c1-17(29(31)32)28(20-7-8-20)21-9-12-27-22(13-21)14-23(16-34-27)18-3-5-19(6-4-18)25-15-24(33-2)10-11-26(25)30/h3-6,9-13,15,17,20,23,28H,7-8,14,16H2,1-2H3,(H,31,32)/t17-,23?,28?/m0/s1. The van der Waals surface area contributed by atoms with Gasteiger partial charge in [-0.3, -0.25) is 4.79 Å². The van der Waals surface area contributed by atoms with E-state index >= 15 is 0 Å². The van der Waals surface area contributed by atoms with E-state index in [4.69, 9.17) is 9.47 Å². The van der Waals surface area contributed by atoms with Gasteiger partial charge in [0.2, 0.25) is 0 Å². The Balaban J connectivity index is 1.37. The molecule has 4 nitrogen and oxygen atoms in total. The van der Waals surface area contributed by atoms with E-state index in [1.54, 1.807) is 19.2 Å². The lowest BCUT2D eigenvalue weighted by Gasteiger charge is -2.28. The van der Waals surface area contributed by atoms with E-state index in [1.807, 2.05) is 43.3 Å². The lowest BCUT2D eigenvalue weighted by atomic mass is 9.81. The van der Waals surface area contributed by atoms with Gasteiger partial charge in [-0.05, 0) is 77.6 Å². The largest absolute Gasteiger partial charge is 0.497 e. The molecule has 3 aromatic rings. The summed E-state index contributed by atoms with van der Waals surface area (Å²) in [6.45, 7) is 2.40. The Kier molecular flexibility index (Phi) is 6.03. The number of carboxylic acids is 1. The molecule has 0 spiro atoms. The Labute approximate surface area is 199 Å². The van der Waals surface area contributed by atoms with Crippen molar-refractivity contribution >= 4 is 5.97 Å². The average molecular weight is 461 g/mol. The first-order chi connectivity index (χ1) is 16.4. The van der Waals surface area contributed by atoms with E-state index in [1.165, 1.54) is 6.07 Å². The fourth-order valence-electron chi connectivity index (χ4n) is 5.20. The number of methoxy groups -OCH3 is 1. The minimum Gasteiger partial charge on any atom is -0.497 e. The number of benzene rings is 3. The van der Waals surface area contributed by atoms with Crippen molar-refractivity contribution in [3.05, 3.63) is 83.2 Å². The number of rotatable bonds is 7. The monoisotopic (exact) mass is 460 g/mol. The summed E-state index contributed by atoms with van der Waals surface area (Å²) in [5, 5.41) is 9.62. The van der Waals surface area contributed by atoms with E-state index in [2.05, 4.69) is 6.07 Å². The molecule has 3 aromatic carbocycles. The van der Waals surface area contributed by atoms with E-state index in [9.17, 15) is 14.3 Å². The van der Waals surface area contributed by atoms with Crippen molar-refractivity contribution in [2.75, 3.05) is 13.7 Å². The summed E-state index contributed by atoms with van der Waals surface area (Å²) in [7, 11) is 1.57. The Bertz CT molecular complexity index is 1200. The molecule has 2 unspecified atom stereocenters. The zero-order valence-corrected chi connectivity index (χ0v) is 19.5. The maximum absolute atomic E-state index is 14.4. The maximum Gasteiger partial charge on any atom is 0.306 e. The van der Waals surface area contributed by atoms with Gasteiger partial charge in [0.1, 0.15) is 17.3 Å². The third-order valence-electron chi connectivity index (χ3n) is 7.30. The Morgan fingerprint density at radius 2 is 1.85 bits per heavy atom. The Morgan fingerprint density at radius 1 is 1.09 bits per heavy atom. The van der Waals surface area contributed by atoms with Gasteiger partial charge in [-0.2, -0.15) is 0 Å². The molecule has 1 aliphatic carbocycles. The van der Waals surface area contributed by atoms with Crippen molar-refractivity contribution in [2.45, 2.75) is 38.0 Å². The van der Waals surface area contributed by atoms with Crippen LogP contribution in [0.15, 0.2) is 60.7 Å². The zero-order valence-electron chi connectivity index (χ0n) is 19.5. The highest BCUT2D eigenvalue weighted by atomic mass is 19.1. The number of carboxylic acid groups (broad SMARTS) is 1. The van der Waals surface area contributed by atoms with Crippen molar-refractivity contribution in [3.8, 4) is 22.6 Å². The molecule has 0 aromatic heterocycles. The number of halogens is 1. The molecule has 0 radical (unpaired) electrons. The summed E-state index contributed by atoms with van der Waals surface area (Å²) in [6.07, 6.45) is 3.02. The number of fused-ring (bicyclic) bond motifs is 1. The number of aliphatic carboxylic acids is 1. The first-order valence-electron chi connectivity index (χ1n) is 11.9. The van der Waals surface area contributed by atoms with E-state index in [0.29, 0.717) is 23.8 Å². The number of carbonyl (C=O) groups is 1. The van der Waals surface area contributed by atoms with Gasteiger partial charge in [-0.15, -0.1) is 0 Å². The Morgan fingerprint density at radius 3 is 2.53 bits per heavy atom. The van der Waals surface area contributed by atoms with Crippen LogP contribution in [0.5, 0.6) is 11.5 Å². The van der Waals surface area contributed by atoms with Gasteiger partial charge in [0.15, 0.2) is 0 Å². The molecule has 3 atom stereocenters. The van der Waals surface area contributed by atoms with Gasteiger partial charge in [-0.1, -0.05) is 43.3 Å². The van der Waals surface area contributed by atoms with Crippen molar-refractivity contribution in [2.24, 2.45) is 11.8 Å². The number of ether oxygens (including phenoxy) is 2. The SMILES string of the molecule is COc1ccc(F)c(-c2ccc(C3COc4ccc(C(C5CC5)[C@H](C)C(=O)O)cc4C3)cc2)c1. The Hall–Kier alpha value is -3.34. The second-order valence-corrected chi connectivity index (χ2v) is 9.54. The van der Waals surface area contributed by atoms with Crippen LogP contribution in [0.4, 0.5) is 4.39 Å². The minimum atomic E-state index is -0.740. The second kappa shape index (κ2) is 9.13. The molecule has 34 heavy (non-hydrogen) atoms. The molecule has 0 saturated heterocycles. The number of hydrogen-bond donors (Lipinski definition) is 1. The summed E-state index contributed by atoms with van der Waals surface area (Å²) >= 11 is 0. The fourth-order valence-corrected chi connectivity index (χ4v) is 5.20. The van der Waals surface area contributed by atoms with Gasteiger partial charge >= 0.3 is 5.97 Å². The number of hydrogen-bond acceptors (Lipinski definition) is 3. The van der Waals surface area contributed by atoms with Gasteiger partial charge in [0, 0.05) is 11.5 Å². The van der Waals surface area contributed by atoms with Crippen molar-refractivity contribution < 1.29 is 23.8 Å². The molecule has 0 bridgehead atoms. The molecular weight excluding hydrogens is 431 g/mol. The molecule has 5 rings (SSSR count). The van der Waals surface area contributed by atoms with Gasteiger partial charge in [0.05, 0.1) is 19.6 Å². The van der Waals surface area contributed by atoms with Crippen molar-refractivity contribution in [1.82, 2.24) is 0 Å². The molecule has 176 valence electrons. The van der Waals surface area contributed by atoms with Gasteiger partial charge in [-0.25, -0.2) is 4.39 Å². The highest BCUT2D eigenvalue weighted by Crippen LogP contribution is 2.48.